The summed E-state index contributed by atoms with van der Waals surface area (Å²) in [5, 5.41) is 7.00. The van der Waals surface area contributed by atoms with Gasteiger partial charge in [-0.15, -0.1) is 0 Å². The Hall–Kier alpha value is -1.69. The van der Waals surface area contributed by atoms with Crippen molar-refractivity contribution in [1.29, 1.82) is 0 Å². The van der Waals surface area contributed by atoms with Gasteiger partial charge in [-0.2, -0.15) is 0 Å². The largest absolute Gasteiger partial charge is 0.449 e. The van der Waals surface area contributed by atoms with E-state index in [4.69, 9.17) is 9.84 Å². The summed E-state index contributed by atoms with van der Waals surface area (Å²) in [6, 6.07) is 0. The van der Waals surface area contributed by atoms with Crippen LogP contribution in [0.3, 0.4) is 0 Å². The summed E-state index contributed by atoms with van der Waals surface area (Å²) in [6.07, 6.45) is 3.80. The first-order chi connectivity index (χ1) is 7.77. The molecule has 6 nitrogen and oxygen atoms in total. The zero-order valence-corrected chi connectivity index (χ0v) is 9.38. The SMILES string of the molecule is CO.Cc1ncc(N2CCCOC2=O)cn1. The lowest BCUT2D eigenvalue weighted by molar-refractivity contribution is 0.140. The minimum absolute atomic E-state index is 0.316. The second-order valence-corrected chi connectivity index (χ2v) is 3.11. The molecular weight excluding hydrogens is 210 g/mol. The Morgan fingerprint density at radius 3 is 2.56 bits per heavy atom. The van der Waals surface area contributed by atoms with Gasteiger partial charge in [0.1, 0.15) is 5.82 Å². The lowest BCUT2D eigenvalue weighted by atomic mass is 10.3. The molecule has 1 fully saturated rings. The van der Waals surface area contributed by atoms with Crippen LogP contribution >= 0.6 is 0 Å². The second kappa shape index (κ2) is 6.02. The first-order valence-electron chi connectivity index (χ1n) is 4.95. The molecule has 0 spiro atoms. The van der Waals surface area contributed by atoms with E-state index in [9.17, 15) is 4.79 Å². The average molecular weight is 225 g/mol. The highest BCUT2D eigenvalue weighted by molar-refractivity contribution is 5.87. The zero-order chi connectivity index (χ0) is 12.0. The van der Waals surface area contributed by atoms with Crippen LogP contribution in [0.5, 0.6) is 0 Å². The molecule has 0 aromatic carbocycles. The number of aromatic nitrogens is 2. The molecule has 0 atom stereocenters. The van der Waals surface area contributed by atoms with Crippen LogP contribution in [0.25, 0.3) is 0 Å². The monoisotopic (exact) mass is 225 g/mol. The van der Waals surface area contributed by atoms with Gasteiger partial charge in [-0.25, -0.2) is 14.8 Å². The lowest BCUT2D eigenvalue weighted by Crippen LogP contribution is -2.37. The van der Waals surface area contributed by atoms with Gasteiger partial charge in [-0.3, -0.25) is 4.90 Å². The van der Waals surface area contributed by atoms with Crippen LogP contribution in [-0.4, -0.2) is 41.4 Å². The smallest absolute Gasteiger partial charge is 0.414 e. The van der Waals surface area contributed by atoms with Gasteiger partial charge in [0.05, 0.1) is 24.7 Å². The van der Waals surface area contributed by atoms with E-state index in [0.717, 1.165) is 13.5 Å². The third kappa shape index (κ3) is 2.90. The summed E-state index contributed by atoms with van der Waals surface area (Å²) in [6.45, 7) is 2.98. The molecule has 0 aliphatic carbocycles. The Labute approximate surface area is 93.9 Å². The predicted molar refractivity (Wildman–Crippen MR) is 58.2 cm³/mol. The number of rotatable bonds is 1. The van der Waals surface area contributed by atoms with E-state index >= 15 is 0 Å². The fourth-order valence-electron chi connectivity index (χ4n) is 1.31. The summed E-state index contributed by atoms with van der Waals surface area (Å²) in [5.41, 5.74) is 0.695. The molecule has 1 N–H and O–H groups in total. The summed E-state index contributed by atoms with van der Waals surface area (Å²) >= 11 is 0. The number of anilines is 1. The number of aliphatic hydroxyl groups is 1. The standard InChI is InChI=1S/C9H11N3O2.CH4O/c1-7-10-5-8(6-11-7)12-3-2-4-14-9(12)13;1-2/h5-6H,2-4H2,1H3;2H,1H3. The van der Waals surface area contributed by atoms with Crippen molar-refractivity contribution in [3.63, 3.8) is 0 Å². The molecule has 2 rings (SSSR count). The molecular formula is C10H15N3O3. The molecule has 1 aromatic heterocycles. The summed E-state index contributed by atoms with van der Waals surface area (Å²) < 4.78 is 4.91. The Kier molecular flexibility index (Phi) is 4.65. The Balaban J connectivity index is 0.000000606. The second-order valence-electron chi connectivity index (χ2n) is 3.11. The van der Waals surface area contributed by atoms with E-state index < -0.39 is 0 Å². The van der Waals surface area contributed by atoms with Crippen molar-refractivity contribution in [3.05, 3.63) is 18.2 Å². The van der Waals surface area contributed by atoms with Gasteiger partial charge in [0.25, 0.3) is 0 Å². The van der Waals surface area contributed by atoms with E-state index in [2.05, 4.69) is 9.97 Å². The molecule has 1 aliphatic heterocycles. The third-order valence-corrected chi connectivity index (χ3v) is 2.05. The maximum absolute atomic E-state index is 11.3. The molecule has 0 unspecified atom stereocenters. The first-order valence-corrected chi connectivity index (χ1v) is 4.95. The molecule has 1 aromatic rings. The molecule has 2 heterocycles. The fourth-order valence-corrected chi connectivity index (χ4v) is 1.31. The number of ether oxygens (including phenoxy) is 1. The fraction of sp³-hybridized carbons (Fsp3) is 0.500. The van der Waals surface area contributed by atoms with Crippen LogP contribution in [-0.2, 0) is 4.74 Å². The number of aryl methyl sites for hydroxylation is 1. The van der Waals surface area contributed by atoms with Gasteiger partial charge in [0.15, 0.2) is 0 Å². The minimum atomic E-state index is -0.316. The molecule has 1 saturated heterocycles. The highest BCUT2D eigenvalue weighted by Gasteiger charge is 2.21. The molecule has 88 valence electrons. The number of hydrogen-bond donors (Lipinski definition) is 1. The van der Waals surface area contributed by atoms with Crippen molar-refractivity contribution in [2.24, 2.45) is 0 Å². The van der Waals surface area contributed by atoms with E-state index in [1.165, 1.54) is 0 Å². The Morgan fingerprint density at radius 1 is 1.38 bits per heavy atom. The van der Waals surface area contributed by atoms with Crippen molar-refractivity contribution >= 4 is 11.8 Å². The number of carbonyl (C=O) groups excluding carboxylic acids is 1. The Morgan fingerprint density at radius 2 is 2.00 bits per heavy atom. The van der Waals surface area contributed by atoms with Crippen LogP contribution in [0.4, 0.5) is 10.5 Å². The van der Waals surface area contributed by atoms with E-state index in [1.54, 1.807) is 24.2 Å². The maximum atomic E-state index is 11.3. The van der Waals surface area contributed by atoms with Gasteiger partial charge in [-0.1, -0.05) is 0 Å². The zero-order valence-electron chi connectivity index (χ0n) is 9.38. The van der Waals surface area contributed by atoms with Gasteiger partial charge in [0.2, 0.25) is 0 Å². The Bertz CT molecular complexity index is 340. The number of aliphatic hydroxyl groups excluding tert-OH is 1. The number of nitrogens with zero attached hydrogens (tertiary/aromatic N) is 3. The van der Waals surface area contributed by atoms with Gasteiger partial charge >= 0.3 is 6.09 Å². The van der Waals surface area contributed by atoms with Crippen molar-refractivity contribution in [2.45, 2.75) is 13.3 Å². The van der Waals surface area contributed by atoms with Crippen LogP contribution in [0.2, 0.25) is 0 Å². The summed E-state index contributed by atoms with van der Waals surface area (Å²) in [7, 11) is 1.00. The van der Waals surface area contributed by atoms with E-state index in [1.807, 2.05) is 0 Å². The number of carbonyl (C=O) groups is 1. The molecule has 16 heavy (non-hydrogen) atoms. The average Bonchev–Trinajstić information content (AvgIpc) is 2.34. The van der Waals surface area contributed by atoms with Crippen LogP contribution in [0.15, 0.2) is 12.4 Å². The third-order valence-electron chi connectivity index (χ3n) is 2.05. The quantitative estimate of drug-likeness (QED) is 0.763. The van der Waals surface area contributed by atoms with Crippen LogP contribution in [0, 0.1) is 6.92 Å². The summed E-state index contributed by atoms with van der Waals surface area (Å²) in [5.74, 6) is 0.694. The first kappa shape index (κ1) is 12.4. The van der Waals surface area contributed by atoms with Crippen LogP contribution in [0.1, 0.15) is 12.2 Å². The molecule has 1 amide bonds. The number of amides is 1. The molecule has 0 bridgehead atoms. The van der Waals surface area contributed by atoms with Crippen molar-refractivity contribution in [3.8, 4) is 0 Å². The molecule has 1 aliphatic rings. The van der Waals surface area contributed by atoms with Crippen LogP contribution < -0.4 is 4.90 Å². The van der Waals surface area contributed by atoms with E-state index in [-0.39, 0.29) is 6.09 Å². The number of hydrogen-bond acceptors (Lipinski definition) is 5. The number of cyclic esters (lactones) is 1. The molecule has 6 heteroatoms. The van der Waals surface area contributed by atoms with Crippen molar-refractivity contribution in [1.82, 2.24) is 9.97 Å². The summed E-state index contributed by atoms with van der Waals surface area (Å²) in [4.78, 5) is 20.9. The molecule has 0 saturated carbocycles. The predicted octanol–water partition coefficient (Wildman–Crippen LogP) is 0.740. The van der Waals surface area contributed by atoms with Crippen molar-refractivity contribution < 1.29 is 14.6 Å². The van der Waals surface area contributed by atoms with Crippen molar-refractivity contribution in [2.75, 3.05) is 25.2 Å². The van der Waals surface area contributed by atoms with Gasteiger partial charge < -0.3 is 9.84 Å². The topological polar surface area (TPSA) is 75.6 Å². The van der Waals surface area contributed by atoms with Gasteiger partial charge in [0, 0.05) is 13.7 Å². The van der Waals surface area contributed by atoms with Gasteiger partial charge in [-0.05, 0) is 13.3 Å². The van der Waals surface area contributed by atoms with E-state index in [0.29, 0.717) is 24.7 Å². The highest BCUT2D eigenvalue weighted by atomic mass is 16.6. The minimum Gasteiger partial charge on any atom is -0.449 e. The lowest BCUT2D eigenvalue weighted by Gasteiger charge is -2.25. The highest BCUT2D eigenvalue weighted by Crippen LogP contribution is 2.15. The molecule has 0 radical (unpaired) electrons. The normalized spacial score (nSPS) is 14.9. The maximum Gasteiger partial charge on any atom is 0.414 e.